The van der Waals surface area contributed by atoms with E-state index in [0.29, 0.717) is 54.7 Å². The number of aromatic nitrogens is 2. The summed E-state index contributed by atoms with van der Waals surface area (Å²) < 4.78 is 15.9. The molecule has 0 aliphatic carbocycles. The van der Waals surface area contributed by atoms with Crippen molar-refractivity contribution in [3.63, 3.8) is 0 Å². The van der Waals surface area contributed by atoms with Crippen molar-refractivity contribution in [2.24, 2.45) is 0 Å². The number of nitrogens with zero attached hydrogens (tertiary/aromatic N) is 4. The number of piperazine rings is 1. The van der Waals surface area contributed by atoms with E-state index in [4.69, 9.17) is 13.9 Å². The number of para-hydroxylation sites is 1. The van der Waals surface area contributed by atoms with Crippen LogP contribution in [-0.2, 0) is 0 Å². The van der Waals surface area contributed by atoms with E-state index in [-0.39, 0.29) is 11.5 Å². The number of hydrogen-bond acceptors (Lipinski definition) is 9. The Morgan fingerprint density at radius 3 is 2.43 bits per heavy atom. The summed E-state index contributed by atoms with van der Waals surface area (Å²) in [6.07, 6.45) is 0. The summed E-state index contributed by atoms with van der Waals surface area (Å²) in [6, 6.07) is 16.3. The molecule has 37 heavy (non-hydrogen) atoms. The maximum atomic E-state index is 13.2. The number of amides is 1. The van der Waals surface area contributed by atoms with Gasteiger partial charge < -0.3 is 29.0 Å². The molecular weight excluding hydrogens is 474 g/mol. The molecule has 190 valence electrons. The van der Waals surface area contributed by atoms with Gasteiger partial charge in [0.1, 0.15) is 17.1 Å². The number of ether oxygens (including phenoxy) is 2. The number of hydrogen-bond donors (Lipinski definition) is 1. The van der Waals surface area contributed by atoms with Crippen LogP contribution in [0.5, 0.6) is 11.5 Å². The van der Waals surface area contributed by atoms with Gasteiger partial charge in [0.15, 0.2) is 11.3 Å². The SMILES string of the molecule is COc1ccc(Nc2cc(C)nc(N3CCN(C(=O)c4cc5cccc(OC)c5oc4=O)CC3)n2)cc1. The number of nitrogens with one attached hydrogen (secondary N) is 1. The van der Waals surface area contributed by atoms with Gasteiger partial charge in [0, 0.05) is 49.0 Å². The first-order valence-electron chi connectivity index (χ1n) is 11.9. The predicted octanol–water partition coefficient (Wildman–Crippen LogP) is 3.61. The molecule has 10 nitrogen and oxygen atoms in total. The number of carbonyl (C=O) groups excluding carboxylic acids is 1. The van der Waals surface area contributed by atoms with E-state index in [1.54, 1.807) is 36.3 Å². The third-order valence-electron chi connectivity index (χ3n) is 6.23. The van der Waals surface area contributed by atoms with Crippen LogP contribution in [0.4, 0.5) is 17.5 Å². The van der Waals surface area contributed by atoms with Crippen molar-refractivity contribution in [2.75, 3.05) is 50.6 Å². The molecule has 2 aromatic heterocycles. The molecule has 3 heterocycles. The molecule has 0 bridgehead atoms. The van der Waals surface area contributed by atoms with Crippen molar-refractivity contribution in [2.45, 2.75) is 6.92 Å². The molecule has 1 aliphatic rings. The normalized spacial score (nSPS) is 13.5. The average Bonchev–Trinajstić information content (AvgIpc) is 2.92. The standard InChI is InChI=1S/C27H27N5O5/c1-17-15-23(29-19-7-9-20(35-2)10-8-19)30-27(28-17)32-13-11-31(12-14-32)25(33)21-16-18-5-4-6-22(36-3)24(18)37-26(21)34/h4-10,15-16H,11-14H2,1-3H3,(H,28,29,30). The second-order valence-corrected chi connectivity index (χ2v) is 8.65. The van der Waals surface area contributed by atoms with Gasteiger partial charge in [0.25, 0.3) is 5.91 Å². The highest BCUT2D eigenvalue weighted by atomic mass is 16.5. The first-order chi connectivity index (χ1) is 17.9. The summed E-state index contributed by atoms with van der Waals surface area (Å²) in [5, 5.41) is 3.93. The molecule has 1 aliphatic heterocycles. The summed E-state index contributed by atoms with van der Waals surface area (Å²) in [5.74, 6) is 2.13. The first kappa shape index (κ1) is 24.1. The minimum Gasteiger partial charge on any atom is -0.497 e. The zero-order chi connectivity index (χ0) is 25.9. The maximum Gasteiger partial charge on any atom is 0.349 e. The van der Waals surface area contributed by atoms with Crippen molar-refractivity contribution in [1.82, 2.24) is 14.9 Å². The van der Waals surface area contributed by atoms with Crippen LogP contribution >= 0.6 is 0 Å². The Morgan fingerprint density at radius 2 is 1.73 bits per heavy atom. The van der Waals surface area contributed by atoms with Crippen LogP contribution in [0, 0.1) is 6.92 Å². The number of anilines is 3. The molecule has 0 atom stereocenters. The first-order valence-corrected chi connectivity index (χ1v) is 11.9. The van der Waals surface area contributed by atoms with Crippen LogP contribution in [0.1, 0.15) is 16.1 Å². The Morgan fingerprint density at radius 1 is 0.973 bits per heavy atom. The van der Waals surface area contributed by atoms with Crippen LogP contribution in [0.15, 0.2) is 63.8 Å². The Labute approximate surface area is 213 Å². The van der Waals surface area contributed by atoms with Crippen LogP contribution in [0.3, 0.4) is 0 Å². The summed E-state index contributed by atoms with van der Waals surface area (Å²) in [5.41, 5.74) is 1.36. The number of methoxy groups -OCH3 is 2. The van der Waals surface area contributed by atoms with Gasteiger partial charge in [-0.25, -0.2) is 9.78 Å². The highest BCUT2D eigenvalue weighted by Crippen LogP contribution is 2.25. The quantitative estimate of drug-likeness (QED) is 0.396. The fourth-order valence-corrected chi connectivity index (χ4v) is 4.29. The summed E-state index contributed by atoms with van der Waals surface area (Å²) in [7, 11) is 3.13. The molecule has 0 radical (unpaired) electrons. The van der Waals surface area contributed by atoms with Crippen LogP contribution in [0.2, 0.25) is 0 Å². The van der Waals surface area contributed by atoms with Crippen LogP contribution < -0.4 is 25.3 Å². The van der Waals surface area contributed by atoms with Crippen molar-refractivity contribution in [1.29, 1.82) is 0 Å². The largest absolute Gasteiger partial charge is 0.497 e. The minimum absolute atomic E-state index is 0.00647. The van der Waals surface area contributed by atoms with Gasteiger partial charge in [-0.1, -0.05) is 12.1 Å². The summed E-state index contributed by atoms with van der Waals surface area (Å²) >= 11 is 0. The zero-order valence-corrected chi connectivity index (χ0v) is 20.9. The van der Waals surface area contributed by atoms with E-state index in [0.717, 1.165) is 17.1 Å². The molecule has 0 spiro atoms. The third kappa shape index (κ3) is 5.04. The van der Waals surface area contributed by atoms with Crippen molar-refractivity contribution in [3.05, 3.63) is 76.3 Å². The lowest BCUT2D eigenvalue weighted by Crippen LogP contribution is -2.50. The van der Waals surface area contributed by atoms with Crippen LogP contribution in [-0.4, -0.2) is 61.2 Å². The Hall–Kier alpha value is -4.60. The Kier molecular flexibility index (Phi) is 6.63. The maximum absolute atomic E-state index is 13.2. The van der Waals surface area contributed by atoms with Gasteiger partial charge in [-0.3, -0.25) is 4.79 Å². The van der Waals surface area contributed by atoms with Crippen molar-refractivity contribution in [3.8, 4) is 11.5 Å². The van der Waals surface area contributed by atoms with E-state index in [2.05, 4.69) is 15.3 Å². The van der Waals surface area contributed by atoms with Crippen LogP contribution in [0.25, 0.3) is 11.0 Å². The van der Waals surface area contributed by atoms with Gasteiger partial charge in [-0.15, -0.1) is 0 Å². The molecule has 5 rings (SSSR count). The van der Waals surface area contributed by atoms with Gasteiger partial charge in [0.2, 0.25) is 5.95 Å². The second-order valence-electron chi connectivity index (χ2n) is 8.65. The molecule has 1 fully saturated rings. The molecular formula is C27H27N5O5. The van der Waals surface area contributed by atoms with Crippen molar-refractivity contribution >= 4 is 34.3 Å². The monoisotopic (exact) mass is 501 g/mol. The van der Waals surface area contributed by atoms with Gasteiger partial charge >= 0.3 is 5.63 Å². The number of carbonyl (C=O) groups is 1. The Balaban J connectivity index is 1.29. The molecule has 4 aromatic rings. The lowest BCUT2D eigenvalue weighted by Gasteiger charge is -2.34. The lowest BCUT2D eigenvalue weighted by atomic mass is 10.1. The Bertz CT molecular complexity index is 1490. The van der Waals surface area contributed by atoms with Gasteiger partial charge in [-0.2, -0.15) is 4.98 Å². The molecule has 1 N–H and O–H groups in total. The third-order valence-corrected chi connectivity index (χ3v) is 6.23. The molecule has 0 unspecified atom stereocenters. The molecule has 1 amide bonds. The molecule has 10 heteroatoms. The number of rotatable bonds is 6. The smallest absolute Gasteiger partial charge is 0.349 e. The topological polar surface area (TPSA) is 110 Å². The zero-order valence-electron chi connectivity index (χ0n) is 20.9. The minimum atomic E-state index is -0.680. The number of aryl methyl sites for hydroxylation is 1. The molecule has 2 aromatic carbocycles. The molecule has 0 saturated carbocycles. The van der Waals surface area contributed by atoms with Crippen molar-refractivity contribution < 1.29 is 18.7 Å². The van der Waals surface area contributed by atoms with E-state index in [1.807, 2.05) is 42.2 Å². The highest BCUT2D eigenvalue weighted by molar-refractivity contribution is 5.97. The molecule has 1 saturated heterocycles. The lowest BCUT2D eigenvalue weighted by molar-refractivity contribution is 0.0742. The summed E-state index contributed by atoms with van der Waals surface area (Å²) in [6.45, 7) is 3.83. The highest BCUT2D eigenvalue weighted by Gasteiger charge is 2.26. The van der Waals surface area contributed by atoms with E-state index >= 15 is 0 Å². The number of benzene rings is 2. The summed E-state index contributed by atoms with van der Waals surface area (Å²) in [4.78, 5) is 38.8. The van der Waals surface area contributed by atoms with E-state index in [1.165, 1.54) is 7.11 Å². The van der Waals surface area contributed by atoms with E-state index < -0.39 is 5.63 Å². The van der Waals surface area contributed by atoms with Gasteiger partial charge in [0.05, 0.1) is 14.2 Å². The number of fused-ring (bicyclic) bond motifs is 1. The fraction of sp³-hybridized carbons (Fsp3) is 0.259. The second kappa shape index (κ2) is 10.2. The average molecular weight is 502 g/mol. The fourth-order valence-electron chi connectivity index (χ4n) is 4.29. The van der Waals surface area contributed by atoms with Gasteiger partial charge in [-0.05, 0) is 43.3 Å². The van der Waals surface area contributed by atoms with E-state index in [9.17, 15) is 9.59 Å². The predicted molar refractivity (Wildman–Crippen MR) is 140 cm³/mol.